The predicted octanol–water partition coefficient (Wildman–Crippen LogP) is 4.56. The molecule has 4 nitrogen and oxygen atoms in total. The molecule has 2 aliphatic rings. The highest BCUT2D eigenvalue weighted by molar-refractivity contribution is 6.00. The molecule has 0 saturated heterocycles. The fraction of sp³-hybridized carbons (Fsp3) is 0.273. The van der Waals surface area contributed by atoms with E-state index in [0.717, 1.165) is 35.2 Å². The molecule has 1 saturated carbocycles. The minimum absolute atomic E-state index is 0.0595. The number of rotatable bonds is 3. The summed E-state index contributed by atoms with van der Waals surface area (Å²) in [5.74, 6) is 0.0930. The van der Waals surface area contributed by atoms with E-state index in [4.69, 9.17) is 0 Å². The van der Waals surface area contributed by atoms with Gasteiger partial charge in [-0.1, -0.05) is 73.5 Å². The summed E-state index contributed by atoms with van der Waals surface area (Å²) in [4.78, 5) is 15.4. The fourth-order valence-corrected chi connectivity index (χ4v) is 4.50. The van der Waals surface area contributed by atoms with Gasteiger partial charge in [-0.25, -0.2) is 0 Å². The number of aromatic nitrogens is 2. The SMILES string of the molecule is O=C1c2[nH]nc(-c3ccccc3)c2C(c2ccccc2)N1C1CCCC1. The number of benzene rings is 2. The zero-order chi connectivity index (χ0) is 17.5. The summed E-state index contributed by atoms with van der Waals surface area (Å²) in [5, 5.41) is 7.57. The van der Waals surface area contributed by atoms with Crippen molar-refractivity contribution in [2.45, 2.75) is 37.8 Å². The van der Waals surface area contributed by atoms with Gasteiger partial charge in [0.05, 0.1) is 11.7 Å². The molecule has 0 bridgehead atoms. The Balaban J connectivity index is 1.69. The van der Waals surface area contributed by atoms with Crippen LogP contribution in [0.2, 0.25) is 0 Å². The lowest BCUT2D eigenvalue weighted by molar-refractivity contribution is 0.0660. The lowest BCUT2D eigenvalue weighted by Crippen LogP contribution is -2.37. The maximum absolute atomic E-state index is 13.3. The molecular formula is C22H21N3O. The van der Waals surface area contributed by atoms with Crippen LogP contribution in [0.5, 0.6) is 0 Å². The van der Waals surface area contributed by atoms with Crippen molar-refractivity contribution in [1.29, 1.82) is 0 Å². The molecule has 2 heterocycles. The summed E-state index contributed by atoms with van der Waals surface area (Å²) in [6, 6.07) is 20.8. The highest BCUT2D eigenvalue weighted by Gasteiger charge is 2.45. The average Bonchev–Trinajstić information content (AvgIpc) is 3.41. The summed E-state index contributed by atoms with van der Waals surface area (Å²) < 4.78 is 0. The van der Waals surface area contributed by atoms with Crippen LogP contribution in [0, 0.1) is 0 Å². The van der Waals surface area contributed by atoms with Crippen LogP contribution in [0.25, 0.3) is 11.3 Å². The molecule has 1 aromatic heterocycles. The second kappa shape index (κ2) is 6.13. The molecule has 3 aromatic rings. The number of hydrogen-bond donors (Lipinski definition) is 1. The van der Waals surface area contributed by atoms with Gasteiger partial charge in [0.2, 0.25) is 0 Å². The maximum Gasteiger partial charge on any atom is 0.273 e. The molecule has 0 spiro atoms. The van der Waals surface area contributed by atoms with Gasteiger partial charge in [-0.15, -0.1) is 0 Å². The first-order valence-electron chi connectivity index (χ1n) is 9.36. The third-order valence-electron chi connectivity index (χ3n) is 5.68. The lowest BCUT2D eigenvalue weighted by Gasteiger charge is -2.31. The zero-order valence-electron chi connectivity index (χ0n) is 14.6. The zero-order valence-corrected chi connectivity index (χ0v) is 14.6. The van der Waals surface area contributed by atoms with E-state index in [9.17, 15) is 4.79 Å². The second-order valence-electron chi connectivity index (χ2n) is 7.19. The molecule has 1 amide bonds. The summed E-state index contributed by atoms with van der Waals surface area (Å²) in [6.07, 6.45) is 4.59. The Morgan fingerprint density at radius 3 is 2.27 bits per heavy atom. The Morgan fingerprint density at radius 2 is 1.58 bits per heavy atom. The largest absolute Gasteiger partial charge is 0.323 e. The van der Waals surface area contributed by atoms with E-state index < -0.39 is 0 Å². The van der Waals surface area contributed by atoms with E-state index >= 15 is 0 Å². The molecule has 1 N–H and O–H groups in total. The molecule has 1 unspecified atom stereocenters. The first-order chi connectivity index (χ1) is 12.8. The smallest absolute Gasteiger partial charge is 0.273 e. The van der Waals surface area contributed by atoms with Crippen LogP contribution < -0.4 is 0 Å². The van der Waals surface area contributed by atoms with Crippen molar-refractivity contribution in [3.8, 4) is 11.3 Å². The molecule has 1 atom stereocenters. The van der Waals surface area contributed by atoms with E-state index in [1.54, 1.807) is 0 Å². The van der Waals surface area contributed by atoms with Crippen molar-refractivity contribution in [2.24, 2.45) is 0 Å². The Labute approximate surface area is 152 Å². The average molecular weight is 343 g/mol. The first-order valence-corrected chi connectivity index (χ1v) is 9.36. The molecule has 26 heavy (non-hydrogen) atoms. The normalized spacial score (nSPS) is 19.9. The Bertz CT molecular complexity index is 927. The molecule has 4 heteroatoms. The summed E-state index contributed by atoms with van der Waals surface area (Å²) in [5.41, 5.74) is 4.78. The van der Waals surface area contributed by atoms with Crippen molar-refractivity contribution in [3.05, 3.63) is 77.5 Å². The van der Waals surface area contributed by atoms with Crippen molar-refractivity contribution < 1.29 is 4.79 Å². The standard InChI is InChI=1S/C22H21N3O/c26-22-20-18(19(23-24-20)15-9-3-1-4-10-15)21(16-11-5-2-6-12-16)25(22)17-13-7-8-14-17/h1-6,9-12,17,21H,7-8,13-14H2,(H,23,24). The predicted molar refractivity (Wildman–Crippen MR) is 101 cm³/mol. The van der Waals surface area contributed by atoms with Crippen molar-refractivity contribution in [1.82, 2.24) is 15.1 Å². The van der Waals surface area contributed by atoms with E-state index in [1.807, 2.05) is 36.4 Å². The number of H-pyrrole nitrogens is 1. The Kier molecular flexibility index (Phi) is 3.63. The van der Waals surface area contributed by atoms with Gasteiger partial charge in [-0.05, 0) is 18.4 Å². The van der Waals surface area contributed by atoms with E-state index in [2.05, 4.69) is 39.4 Å². The minimum Gasteiger partial charge on any atom is -0.323 e. The summed E-state index contributed by atoms with van der Waals surface area (Å²) >= 11 is 0. The monoisotopic (exact) mass is 343 g/mol. The van der Waals surface area contributed by atoms with Gasteiger partial charge in [0.25, 0.3) is 5.91 Å². The van der Waals surface area contributed by atoms with Crippen LogP contribution in [0.3, 0.4) is 0 Å². The van der Waals surface area contributed by atoms with Gasteiger partial charge in [-0.2, -0.15) is 5.10 Å². The van der Waals surface area contributed by atoms with Crippen molar-refractivity contribution in [3.63, 3.8) is 0 Å². The number of fused-ring (bicyclic) bond motifs is 1. The van der Waals surface area contributed by atoms with Crippen LogP contribution in [0.1, 0.15) is 53.3 Å². The minimum atomic E-state index is -0.0595. The number of hydrogen-bond acceptors (Lipinski definition) is 2. The van der Waals surface area contributed by atoms with Crippen molar-refractivity contribution >= 4 is 5.91 Å². The van der Waals surface area contributed by atoms with E-state index in [1.165, 1.54) is 12.8 Å². The fourth-order valence-electron chi connectivity index (χ4n) is 4.50. The van der Waals surface area contributed by atoms with Gasteiger partial charge in [0.1, 0.15) is 5.69 Å². The van der Waals surface area contributed by atoms with E-state index in [-0.39, 0.29) is 11.9 Å². The Hall–Kier alpha value is -2.88. The molecule has 2 aromatic carbocycles. The van der Waals surface area contributed by atoms with Gasteiger partial charge in [-0.3, -0.25) is 9.89 Å². The molecule has 0 radical (unpaired) electrons. The number of carbonyl (C=O) groups excluding carboxylic acids is 1. The molecule has 1 aliphatic carbocycles. The first kappa shape index (κ1) is 15.4. The second-order valence-corrected chi connectivity index (χ2v) is 7.19. The number of nitrogens with one attached hydrogen (secondary N) is 1. The molecule has 130 valence electrons. The third kappa shape index (κ3) is 2.29. The third-order valence-corrected chi connectivity index (χ3v) is 5.68. The number of amides is 1. The molecule has 5 rings (SSSR count). The van der Waals surface area contributed by atoms with Crippen LogP contribution in [0.4, 0.5) is 0 Å². The number of carbonyl (C=O) groups is 1. The van der Waals surface area contributed by atoms with E-state index in [0.29, 0.717) is 11.7 Å². The van der Waals surface area contributed by atoms with Crippen LogP contribution in [-0.2, 0) is 0 Å². The van der Waals surface area contributed by atoms with Gasteiger partial charge in [0, 0.05) is 17.2 Å². The Morgan fingerprint density at radius 1 is 0.923 bits per heavy atom. The summed E-state index contributed by atoms with van der Waals surface area (Å²) in [7, 11) is 0. The number of aromatic amines is 1. The van der Waals surface area contributed by atoms with Crippen LogP contribution >= 0.6 is 0 Å². The molecule has 1 aliphatic heterocycles. The summed E-state index contributed by atoms with van der Waals surface area (Å²) in [6.45, 7) is 0. The van der Waals surface area contributed by atoms with Gasteiger partial charge >= 0.3 is 0 Å². The van der Waals surface area contributed by atoms with Crippen molar-refractivity contribution in [2.75, 3.05) is 0 Å². The quantitative estimate of drug-likeness (QED) is 0.757. The van der Waals surface area contributed by atoms with Crippen LogP contribution in [0.15, 0.2) is 60.7 Å². The lowest BCUT2D eigenvalue weighted by atomic mass is 9.95. The topological polar surface area (TPSA) is 49.0 Å². The van der Waals surface area contributed by atoms with Crippen LogP contribution in [-0.4, -0.2) is 27.0 Å². The highest BCUT2D eigenvalue weighted by atomic mass is 16.2. The maximum atomic E-state index is 13.3. The molecule has 1 fully saturated rings. The molecular weight excluding hydrogens is 322 g/mol. The number of nitrogens with zero attached hydrogens (tertiary/aromatic N) is 2. The highest BCUT2D eigenvalue weighted by Crippen LogP contribution is 2.45. The van der Waals surface area contributed by atoms with Gasteiger partial charge in [0.15, 0.2) is 0 Å². The van der Waals surface area contributed by atoms with Gasteiger partial charge < -0.3 is 4.90 Å².